The number of ether oxygens (including phenoxy) is 3. The molecule has 0 aromatic rings. The highest BCUT2D eigenvalue weighted by molar-refractivity contribution is 7.47. The van der Waals surface area contributed by atoms with E-state index in [0.717, 1.165) is 64.2 Å². The smallest absolute Gasteiger partial charge is 0.462 e. The molecule has 12 heteroatoms. The molecule has 1 saturated heterocycles. The highest BCUT2D eigenvalue weighted by Crippen LogP contribution is 2.43. The molecule has 1 aliphatic rings. The van der Waals surface area contributed by atoms with Gasteiger partial charge in [0, 0.05) is 12.8 Å². The lowest BCUT2D eigenvalue weighted by Gasteiger charge is -2.20. The Bertz CT molecular complexity index is 1260. The van der Waals surface area contributed by atoms with Gasteiger partial charge in [0.15, 0.2) is 6.10 Å². The fourth-order valence-corrected chi connectivity index (χ4v) is 6.54. The Morgan fingerprint density at radius 1 is 0.621 bits per heavy atom. The number of unbranched alkanes of at least 4 members (excludes halogenated alkanes) is 10. The molecule has 332 valence electrons. The van der Waals surface area contributed by atoms with Crippen molar-refractivity contribution in [1.82, 2.24) is 0 Å². The van der Waals surface area contributed by atoms with Gasteiger partial charge in [-0.05, 0) is 77.0 Å². The minimum Gasteiger partial charge on any atom is -0.462 e. The molecule has 1 heterocycles. The molecule has 0 spiro atoms. The minimum atomic E-state index is -4.65. The molecule has 0 saturated carbocycles. The van der Waals surface area contributed by atoms with Crippen molar-refractivity contribution in [2.75, 3.05) is 26.4 Å². The summed E-state index contributed by atoms with van der Waals surface area (Å²) in [7, 11) is -4.65. The molecule has 5 atom stereocenters. The molecule has 58 heavy (non-hydrogen) atoms. The Morgan fingerprint density at radius 3 is 1.79 bits per heavy atom. The topological polar surface area (TPSA) is 161 Å². The molecule has 3 unspecified atom stereocenters. The summed E-state index contributed by atoms with van der Waals surface area (Å²) in [5.74, 6) is -1.05. The number of phosphoric ester groups is 1. The van der Waals surface area contributed by atoms with Crippen molar-refractivity contribution in [1.29, 1.82) is 0 Å². The van der Waals surface area contributed by atoms with Gasteiger partial charge < -0.3 is 29.3 Å². The molecule has 0 aromatic carbocycles. The summed E-state index contributed by atoms with van der Waals surface area (Å²) in [6.07, 6.45) is 44.8. The maximum absolute atomic E-state index is 12.6. The maximum Gasteiger partial charge on any atom is 0.472 e. The summed E-state index contributed by atoms with van der Waals surface area (Å²) >= 11 is 0. The second-order valence-electron chi connectivity index (χ2n) is 14.7. The number of carbonyl (C=O) groups is 2. The Balaban J connectivity index is 2.31. The monoisotopic (exact) mass is 837 g/mol. The van der Waals surface area contributed by atoms with Crippen LogP contribution in [0, 0.1) is 0 Å². The average molecular weight is 837 g/mol. The highest BCUT2D eigenvalue weighted by atomic mass is 31.2. The first-order chi connectivity index (χ1) is 28.2. The van der Waals surface area contributed by atoms with E-state index in [-0.39, 0.29) is 19.4 Å². The van der Waals surface area contributed by atoms with Gasteiger partial charge in [-0.3, -0.25) is 18.6 Å². The quantitative estimate of drug-likeness (QED) is 0.0178. The van der Waals surface area contributed by atoms with E-state index in [4.69, 9.17) is 23.8 Å². The van der Waals surface area contributed by atoms with Crippen molar-refractivity contribution in [3.05, 3.63) is 72.9 Å². The largest absolute Gasteiger partial charge is 0.472 e. The van der Waals surface area contributed by atoms with E-state index >= 15 is 0 Å². The summed E-state index contributed by atoms with van der Waals surface area (Å²) < 4.78 is 38.4. The Morgan fingerprint density at radius 2 is 1.16 bits per heavy atom. The summed E-state index contributed by atoms with van der Waals surface area (Å²) in [6, 6.07) is 0. The van der Waals surface area contributed by atoms with Gasteiger partial charge in [-0.2, -0.15) is 0 Å². The third kappa shape index (κ3) is 34.3. The van der Waals surface area contributed by atoms with Crippen LogP contribution in [0.25, 0.3) is 0 Å². The number of rotatable bonds is 39. The van der Waals surface area contributed by atoms with Gasteiger partial charge in [0.25, 0.3) is 0 Å². The van der Waals surface area contributed by atoms with Crippen LogP contribution in [0.2, 0.25) is 0 Å². The molecular formula is C46H77O11P. The number of aliphatic hydroxyl groups excluding tert-OH is 2. The molecule has 1 rings (SSSR count). The molecule has 0 amide bonds. The molecule has 11 nitrogen and oxygen atoms in total. The lowest BCUT2D eigenvalue weighted by molar-refractivity contribution is -0.161. The number of epoxide rings is 1. The summed E-state index contributed by atoms with van der Waals surface area (Å²) in [6.45, 7) is 2.20. The number of aliphatic hydroxyl groups is 2. The highest BCUT2D eigenvalue weighted by Gasteiger charge is 2.36. The zero-order valence-corrected chi connectivity index (χ0v) is 36.6. The van der Waals surface area contributed by atoms with Gasteiger partial charge >= 0.3 is 19.8 Å². The number of phosphoric acid groups is 1. The van der Waals surface area contributed by atoms with E-state index in [0.29, 0.717) is 25.0 Å². The number of esters is 2. The molecule has 0 radical (unpaired) electrons. The van der Waals surface area contributed by atoms with Crippen molar-refractivity contribution in [3.8, 4) is 0 Å². The van der Waals surface area contributed by atoms with Crippen molar-refractivity contribution >= 4 is 19.8 Å². The molecule has 3 N–H and O–H groups in total. The van der Waals surface area contributed by atoms with Crippen LogP contribution in [0.1, 0.15) is 155 Å². The van der Waals surface area contributed by atoms with E-state index in [1.165, 1.54) is 51.4 Å². The molecule has 0 aliphatic carbocycles. The van der Waals surface area contributed by atoms with Crippen LogP contribution in [-0.2, 0) is 37.4 Å². The van der Waals surface area contributed by atoms with Crippen LogP contribution in [0.4, 0.5) is 0 Å². The first-order valence-corrected chi connectivity index (χ1v) is 23.5. The lowest BCUT2D eigenvalue weighted by atomic mass is 10.1. The van der Waals surface area contributed by atoms with Crippen LogP contribution >= 0.6 is 7.82 Å². The van der Waals surface area contributed by atoms with Crippen LogP contribution < -0.4 is 0 Å². The van der Waals surface area contributed by atoms with Crippen LogP contribution in [0.5, 0.6) is 0 Å². The first-order valence-electron chi connectivity index (χ1n) is 22.0. The SMILES string of the molecule is CCCCC/C=C\C/C=C\C/C=C\C/C=C\C/C=C\CCC(=O)O[C@H](COC(=O)CCCCCCC/C=C\CC1OC1CCCCC)COP(=O)(O)OC[C@@H](O)CO. The Labute approximate surface area is 350 Å². The minimum absolute atomic E-state index is 0.0514. The zero-order valence-electron chi connectivity index (χ0n) is 35.7. The number of hydrogen-bond acceptors (Lipinski definition) is 10. The molecule has 0 bridgehead atoms. The van der Waals surface area contributed by atoms with Crippen molar-refractivity contribution in [2.45, 2.75) is 180 Å². The summed E-state index contributed by atoms with van der Waals surface area (Å²) in [4.78, 5) is 35.0. The summed E-state index contributed by atoms with van der Waals surface area (Å²) in [5.41, 5.74) is 0. The number of carbonyl (C=O) groups excluding carboxylic acids is 2. The maximum atomic E-state index is 12.6. The van der Waals surface area contributed by atoms with E-state index in [1.807, 2.05) is 12.2 Å². The van der Waals surface area contributed by atoms with Crippen molar-refractivity contribution in [2.24, 2.45) is 0 Å². The van der Waals surface area contributed by atoms with Gasteiger partial charge in [0.1, 0.15) is 12.7 Å². The normalized spacial score (nSPS) is 18.0. The lowest BCUT2D eigenvalue weighted by Crippen LogP contribution is -2.29. The van der Waals surface area contributed by atoms with Gasteiger partial charge in [0.05, 0.1) is 32.0 Å². The predicted molar refractivity (Wildman–Crippen MR) is 232 cm³/mol. The van der Waals surface area contributed by atoms with Gasteiger partial charge in [-0.25, -0.2) is 4.57 Å². The van der Waals surface area contributed by atoms with Gasteiger partial charge in [0.2, 0.25) is 0 Å². The van der Waals surface area contributed by atoms with Crippen LogP contribution in [0.15, 0.2) is 72.9 Å². The van der Waals surface area contributed by atoms with E-state index in [9.17, 15) is 24.2 Å². The standard InChI is InChI=1S/C46H77O11P/c1-3-5-7-8-9-10-11-12-13-14-15-16-17-18-19-20-25-28-32-36-46(50)56-42(40-55-58(51,52)54-38-41(48)37-47)39-53-45(49)35-31-27-24-22-21-23-26-30-34-44-43(57-44)33-29-6-4-2/h9-10,12-13,15-16,18-19,25-26,28,30,41-44,47-48H,3-8,11,14,17,20-24,27,29,31-40H2,1-2H3,(H,51,52)/b10-9-,13-12-,16-15-,19-18-,28-25-,30-26-/t41-,42+,43?,44?/m0/s1. The third-order valence-corrected chi connectivity index (χ3v) is 10.2. The first kappa shape index (κ1) is 53.4. The average Bonchev–Trinajstić information content (AvgIpc) is 3.97. The number of allylic oxidation sites excluding steroid dienone is 11. The number of hydrogen-bond donors (Lipinski definition) is 3. The molecule has 1 fully saturated rings. The van der Waals surface area contributed by atoms with E-state index in [2.05, 4.69) is 79.1 Å². The third-order valence-electron chi connectivity index (χ3n) is 9.27. The fourth-order valence-electron chi connectivity index (χ4n) is 5.75. The van der Waals surface area contributed by atoms with Crippen molar-refractivity contribution < 1.29 is 52.5 Å². The summed E-state index contributed by atoms with van der Waals surface area (Å²) in [5, 5.41) is 18.3. The zero-order chi connectivity index (χ0) is 42.4. The fraction of sp³-hybridized carbons (Fsp3) is 0.696. The van der Waals surface area contributed by atoms with Crippen LogP contribution in [0.3, 0.4) is 0 Å². The van der Waals surface area contributed by atoms with Gasteiger partial charge in [-0.15, -0.1) is 0 Å². The molecule has 1 aliphatic heterocycles. The van der Waals surface area contributed by atoms with Crippen LogP contribution in [-0.4, -0.2) is 77.9 Å². The van der Waals surface area contributed by atoms with Gasteiger partial charge in [-0.1, -0.05) is 138 Å². The van der Waals surface area contributed by atoms with E-state index < -0.39 is 51.8 Å². The molecule has 0 aromatic heterocycles. The Hall–Kier alpha value is -2.63. The van der Waals surface area contributed by atoms with E-state index in [1.54, 1.807) is 0 Å². The molecular weight excluding hydrogens is 759 g/mol. The second-order valence-corrected chi connectivity index (χ2v) is 16.2. The van der Waals surface area contributed by atoms with Crippen molar-refractivity contribution in [3.63, 3.8) is 0 Å². The second kappa shape index (κ2) is 37.4. The Kier molecular flexibility index (Phi) is 34.4. The predicted octanol–water partition coefficient (Wildman–Crippen LogP) is 10.7.